The van der Waals surface area contributed by atoms with Gasteiger partial charge in [-0.2, -0.15) is 0 Å². The summed E-state index contributed by atoms with van der Waals surface area (Å²) in [4.78, 5) is 23.7. The molecule has 0 aliphatic heterocycles. The Bertz CT molecular complexity index is 545. The van der Waals surface area contributed by atoms with Gasteiger partial charge in [-0.1, -0.05) is 30.3 Å². The number of halogens is 2. The highest BCUT2D eigenvalue weighted by molar-refractivity contribution is 5.81. The Morgan fingerprint density at radius 1 is 1.21 bits per heavy atom. The lowest BCUT2D eigenvalue weighted by atomic mass is 9.98. The molecule has 1 N–H and O–H groups in total. The summed E-state index contributed by atoms with van der Waals surface area (Å²) in [6.45, 7) is 0.0586. The third-order valence-corrected chi connectivity index (χ3v) is 4.07. The maximum Gasteiger partial charge on any atom is 0.408 e. The highest BCUT2D eigenvalue weighted by atomic mass is 19.2. The minimum absolute atomic E-state index is 0.0371. The van der Waals surface area contributed by atoms with Gasteiger partial charge >= 0.3 is 12.1 Å². The highest BCUT2D eigenvalue weighted by Crippen LogP contribution is 2.33. The van der Waals surface area contributed by atoms with E-state index in [-0.39, 0.29) is 31.8 Å². The van der Waals surface area contributed by atoms with Crippen LogP contribution in [0.4, 0.5) is 13.6 Å². The van der Waals surface area contributed by atoms with Crippen molar-refractivity contribution in [3.63, 3.8) is 0 Å². The highest BCUT2D eigenvalue weighted by Gasteiger charge is 2.37. The number of nitrogens with one attached hydrogen (secondary N) is 1. The molecule has 1 aliphatic rings. The number of carbonyl (C=O) groups is 2. The zero-order valence-electron chi connectivity index (χ0n) is 13.4. The van der Waals surface area contributed by atoms with Gasteiger partial charge in [0.2, 0.25) is 0 Å². The van der Waals surface area contributed by atoms with Crippen LogP contribution in [0, 0.1) is 5.92 Å². The Morgan fingerprint density at radius 3 is 2.42 bits per heavy atom. The largest absolute Gasteiger partial charge is 0.467 e. The van der Waals surface area contributed by atoms with E-state index < -0.39 is 30.4 Å². The van der Waals surface area contributed by atoms with Crippen LogP contribution in [0.15, 0.2) is 30.3 Å². The summed E-state index contributed by atoms with van der Waals surface area (Å²) >= 11 is 0. The van der Waals surface area contributed by atoms with Crippen molar-refractivity contribution in [1.29, 1.82) is 0 Å². The van der Waals surface area contributed by atoms with Gasteiger partial charge in [0.1, 0.15) is 25.0 Å². The second-order valence-electron chi connectivity index (χ2n) is 5.89. The molecule has 1 saturated carbocycles. The van der Waals surface area contributed by atoms with E-state index in [0.29, 0.717) is 0 Å². The molecule has 0 bridgehead atoms. The SMILES string of the molecule is COC(=O)C(CC1CC(F)C(F)C1)NC(=O)OCc1ccccc1. The summed E-state index contributed by atoms with van der Waals surface area (Å²) in [5.74, 6) is -0.988. The Balaban J connectivity index is 1.86. The third kappa shape index (κ3) is 5.18. The summed E-state index contributed by atoms with van der Waals surface area (Å²) < 4.78 is 36.2. The third-order valence-electron chi connectivity index (χ3n) is 4.07. The number of benzene rings is 1. The van der Waals surface area contributed by atoms with Gasteiger partial charge in [-0.05, 0) is 30.7 Å². The van der Waals surface area contributed by atoms with E-state index in [2.05, 4.69) is 10.1 Å². The molecule has 0 aromatic heterocycles. The predicted octanol–water partition coefficient (Wildman–Crippen LogP) is 2.93. The summed E-state index contributed by atoms with van der Waals surface area (Å²) in [6.07, 6.45) is -3.61. The fourth-order valence-corrected chi connectivity index (χ4v) is 2.82. The van der Waals surface area contributed by atoms with Gasteiger partial charge in [-0.3, -0.25) is 0 Å². The van der Waals surface area contributed by atoms with E-state index in [1.807, 2.05) is 18.2 Å². The molecule has 0 heterocycles. The molecule has 7 heteroatoms. The maximum absolute atomic E-state index is 13.3. The molecule has 1 aromatic rings. The van der Waals surface area contributed by atoms with Crippen molar-refractivity contribution in [2.45, 2.75) is 44.3 Å². The smallest absolute Gasteiger partial charge is 0.408 e. The molecule has 1 aliphatic carbocycles. The van der Waals surface area contributed by atoms with E-state index in [4.69, 9.17) is 4.74 Å². The zero-order chi connectivity index (χ0) is 17.5. The van der Waals surface area contributed by atoms with E-state index in [1.54, 1.807) is 12.1 Å². The average Bonchev–Trinajstić information content (AvgIpc) is 2.90. The molecule has 0 saturated heterocycles. The van der Waals surface area contributed by atoms with Gasteiger partial charge in [0.25, 0.3) is 0 Å². The van der Waals surface area contributed by atoms with Crippen LogP contribution in [-0.2, 0) is 20.9 Å². The topological polar surface area (TPSA) is 64.6 Å². The van der Waals surface area contributed by atoms with Crippen molar-refractivity contribution in [1.82, 2.24) is 5.32 Å². The fraction of sp³-hybridized carbons (Fsp3) is 0.529. The maximum atomic E-state index is 13.3. The van der Waals surface area contributed by atoms with Crippen molar-refractivity contribution in [3.8, 4) is 0 Å². The van der Waals surface area contributed by atoms with E-state index in [1.165, 1.54) is 7.11 Å². The van der Waals surface area contributed by atoms with Crippen molar-refractivity contribution >= 4 is 12.1 Å². The summed E-state index contributed by atoms with van der Waals surface area (Å²) in [5, 5.41) is 2.41. The zero-order valence-corrected chi connectivity index (χ0v) is 13.4. The molecule has 2 rings (SSSR count). The van der Waals surface area contributed by atoms with Crippen LogP contribution < -0.4 is 5.32 Å². The summed E-state index contributed by atoms with van der Waals surface area (Å²) in [5.41, 5.74) is 0.804. The average molecular weight is 341 g/mol. The predicted molar refractivity (Wildman–Crippen MR) is 82.7 cm³/mol. The number of carbonyl (C=O) groups excluding carboxylic acids is 2. The van der Waals surface area contributed by atoms with Crippen molar-refractivity contribution in [3.05, 3.63) is 35.9 Å². The van der Waals surface area contributed by atoms with Gasteiger partial charge in [0.05, 0.1) is 7.11 Å². The molecule has 1 amide bonds. The van der Waals surface area contributed by atoms with Crippen LogP contribution in [-0.4, -0.2) is 37.6 Å². The van der Waals surface area contributed by atoms with Crippen LogP contribution in [0.1, 0.15) is 24.8 Å². The second kappa shape index (κ2) is 8.61. The molecule has 1 aromatic carbocycles. The lowest BCUT2D eigenvalue weighted by Crippen LogP contribution is -2.42. The van der Waals surface area contributed by atoms with Crippen LogP contribution >= 0.6 is 0 Å². The van der Waals surface area contributed by atoms with Gasteiger partial charge in [-0.25, -0.2) is 18.4 Å². The molecule has 24 heavy (non-hydrogen) atoms. The Labute approximate surface area is 139 Å². The van der Waals surface area contributed by atoms with Gasteiger partial charge in [0, 0.05) is 0 Å². The van der Waals surface area contributed by atoms with Crippen molar-refractivity contribution in [2.24, 2.45) is 5.92 Å². The van der Waals surface area contributed by atoms with Crippen LogP contribution in [0.25, 0.3) is 0 Å². The molecule has 3 atom stereocenters. The lowest BCUT2D eigenvalue weighted by Gasteiger charge is -2.19. The van der Waals surface area contributed by atoms with E-state index in [0.717, 1.165) is 5.56 Å². The molecule has 3 unspecified atom stereocenters. The number of methoxy groups -OCH3 is 1. The van der Waals surface area contributed by atoms with E-state index in [9.17, 15) is 18.4 Å². The minimum atomic E-state index is -1.52. The number of esters is 1. The van der Waals surface area contributed by atoms with E-state index >= 15 is 0 Å². The first-order valence-corrected chi connectivity index (χ1v) is 7.82. The number of hydrogen-bond acceptors (Lipinski definition) is 4. The monoisotopic (exact) mass is 341 g/mol. The molecular weight excluding hydrogens is 320 g/mol. The first-order valence-electron chi connectivity index (χ1n) is 7.82. The van der Waals surface area contributed by atoms with Crippen molar-refractivity contribution in [2.75, 3.05) is 7.11 Å². The fourth-order valence-electron chi connectivity index (χ4n) is 2.82. The summed E-state index contributed by atoms with van der Waals surface area (Å²) in [7, 11) is 1.19. The van der Waals surface area contributed by atoms with Crippen molar-refractivity contribution < 1.29 is 27.8 Å². The molecule has 0 radical (unpaired) electrons. The Morgan fingerprint density at radius 2 is 1.83 bits per heavy atom. The first kappa shape index (κ1) is 18.2. The normalized spacial score (nSPS) is 24.2. The minimum Gasteiger partial charge on any atom is -0.467 e. The van der Waals surface area contributed by atoms with Gasteiger partial charge in [0.15, 0.2) is 0 Å². The number of alkyl halides is 2. The molecule has 5 nitrogen and oxygen atoms in total. The number of alkyl carbamates (subject to hydrolysis) is 1. The first-order chi connectivity index (χ1) is 11.5. The standard InChI is InChI=1S/C17H21F2NO4/c1-23-16(21)15(9-12-7-13(18)14(19)8-12)20-17(22)24-10-11-5-3-2-4-6-11/h2-6,12-15H,7-10H2,1H3,(H,20,22). The quantitative estimate of drug-likeness (QED) is 0.808. The second-order valence-corrected chi connectivity index (χ2v) is 5.89. The molecule has 0 spiro atoms. The number of ether oxygens (including phenoxy) is 2. The van der Waals surface area contributed by atoms with Crippen LogP contribution in [0.2, 0.25) is 0 Å². The van der Waals surface area contributed by atoms with Gasteiger partial charge in [-0.15, -0.1) is 0 Å². The van der Waals surface area contributed by atoms with Crippen LogP contribution in [0.5, 0.6) is 0 Å². The summed E-state index contributed by atoms with van der Waals surface area (Å²) in [6, 6.07) is 8.08. The molecule has 132 valence electrons. The number of amides is 1. The molecule has 1 fully saturated rings. The number of hydrogen-bond donors (Lipinski definition) is 1. The van der Waals surface area contributed by atoms with Gasteiger partial charge < -0.3 is 14.8 Å². The van der Waals surface area contributed by atoms with Crippen LogP contribution in [0.3, 0.4) is 0 Å². The number of rotatable bonds is 6. The lowest BCUT2D eigenvalue weighted by molar-refractivity contribution is -0.143. The molecular formula is C17H21F2NO4. The Hall–Kier alpha value is -2.18. The Kier molecular flexibility index (Phi) is 6.52.